The number of carbonyl (C=O) groups excluding carboxylic acids is 2. The first-order chi connectivity index (χ1) is 17.5. The Morgan fingerprint density at radius 1 is 1.08 bits per heavy atom. The van der Waals surface area contributed by atoms with E-state index in [0.29, 0.717) is 30.7 Å². The Bertz CT molecular complexity index is 1170. The van der Waals surface area contributed by atoms with Crippen molar-refractivity contribution in [3.63, 3.8) is 0 Å². The van der Waals surface area contributed by atoms with E-state index in [0.717, 1.165) is 63.3 Å². The van der Waals surface area contributed by atoms with Gasteiger partial charge in [0, 0.05) is 56.4 Å². The average molecular weight is 492 g/mol. The number of aryl methyl sites for hydroxylation is 1. The van der Waals surface area contributed by atoms with Crippen molar-refractivity contribution < 1.29 is 19.1 Å². The first kappa shape index (κ1) is 24.1. The predicted molar refractivity (Wildman–Crippen MR) is 137 cm³/mol. The van der Waals surface area contributed by atoms with Gasteiger partial charge in [0.05, 0.1) is 25.5 Å². The van der Waals surface area contributed by atoms with Crippen molar-refractivity contribution in [1.29, 1.82) is 0 Å². The molecule has 1 atom stereocenters. The molecule has 3 heterocycles. The van der Waals surface area contributed by atoms with Gasteiger partial charge in [0.15, 0.2) is 0 Å². The van der Waals surface area contributed by atoms with Crippen molar-refractivity contribution in [3.05, 3.63) is 53.2 Å². The summed E-state index contributed by atoms with van der Waals surface area (Å²) in [4.78, 5) is 40.1. The van der Waals surface area contributed by atoms with Crippen molar-refractivity contribution in [2.24, 2.45) is 0 Å². The highest BCUT2D eigenvalue weighted by atomic mass is 16.5. The van der Waals surface area contributed by atoms with Crippen LogP contribution < -0.4 is 14.5 Å². The summed E-state index contributed by atoms with van der Waals surface area (Å²) in [6, 6.07) is 6.60. The second kappa shape index (κ2) is 10.2. The Hall–Kier alpha value is -3.62. The number of piperazine rings is 1. The summed E-state index contributed by atoms with van der Waals surface area (Å²) in [5.74, 6) is 0.607. The van der Waals surface area contributed by atoms with Crippen molar-refractivity contribution >= 4 is 23.4 Å². The Balaban J connectivity index is 1.38. The van der Waals surface area contributed by atoms with E-state index in [1.807, 2.05) is 17.0 Å². The van der Waals surface area contributed by atoms with Gasteiger partial charge in [-0.1, -0.05) is 6.58 Å². The van der Waals surface area contributed by atoms with Crippen LogP contribution in [0, 0.1) is 0 Å². The normalized spacial score (nSPS) is 19.3. The average Bonchev–Trinajstić information content (AvgIpc) is 2.94. The van der Waals surface area contributed by atoms with Crippen LogP contribution in [0.5, 0.6) is 6.01 Å². The van der Waals surface area contributed by atoms with Gasteiger partial charge in [-0.25, -0.2) is 4.79 Å². The van der Waals surface area contributed by atoms with E-state index >= 15 is 0 Å². The number of hydrogen-bond donors (Lipinski definition) is 0. The highest BCUT2D eigenvalue weighted by Crippen LogP contribution is 2.36. The summed E-state index contributed by atoms with van der Waals surface area (Å²) in [5, 5.41) is 0. The number of esters is 1. The number of amides is 1. The molecule has 2 aliphatic heterocycles. The minimum Gasteiger partial charge on any atom is -0.467 e. The molecule has 0 radical (unpaired) electrons. The molecule has 1 fully saturated rings. The largest absolute Gasteiger partial charge is 0.467 e. The molecule has 1 aromatic heterocycles. The SMILES string of the molecule is C=CC(=O)N1CCN(c2nc(OC)nc3c2CCC(N2CCCc4cc(C(=O)OC)ccc42)C3)CC1. The molecule has 0 spiro atoms. The second-order valence-corrected chi connectivity index (χ2v) is 9.50. The van der Waals surface area contributed by atoms with Crippen LogP contribution in [0.1, 0.15) is 40.0 Å². The van der Waals surface area contributed by atoms with Crippen LogP contribution in [0.25, 0.3) is 0 Å². The summed E-state index contributed by atoms with van der Waals surface area (Å²) in [6.07, 6.45) is 6.09. The Labute approximate surface area is 211 Å². The zero-order valence-corrected chi connectivity index (χ0v) is 21.0. The number of rotatable bonds is 5. The number of aromatic nitrogens is 2. The molecule has 9 heteroatoms. The Morgan fingerprint density at radius 3 is 2.61 bits per heavy atom. The van der Waals surface area contributed by atoms with Crippen LogP contribution in [-0.4, -0.2) is 79.7 Å². The van der Waals surface area contributed by atoms with Gasteiger partial charge >= 0.3 is 12.0 Å². The molecule has 0 N–H and O–H groups in total. The number of nitrogens with zero attached hydrogens (tertiary/aromatic N) is 5. The van der Waals surface area contributed by atoms with Crippen LogP contribution in [0.4, 0.5) is 11.5 Å². The molecule has 5 rings (SSSR count). The summed E-state index contributed by atoms with van der Waals surface area (Å²) < 4.78 is 10.4. The zero-order valence-electron chi connectivity index (χ0n) is 21.0. The van der Waals surface area contributed by atoms with Crippen molar-refractivity contribution in [1.82, 2.24) is 14.9 Å². The van der Waals surface area contributed by atoms with E-state index in [4.69, 9.17) is 19.4 Å². The van der Waals surface area contributed by atoms with Crippen LogP contribution in [0.3, 0.4) is 0 Å². The third-order valence-electron chi connectivity index (χ3n) is 7.55. The maximum Gasteiger partial charge on any atom is 0.337 e. The van der Waals surface area contributed by atoms with E-state index in [1.165, 1.54) is 30.0 Å². The summed E-state index contributed by atoms with van der Waals surface area (Å²) in [7, 11) is 3.02. The molecule has 2 aromatic rings. The number of benzene rings is 1. The van der Waals surface area contributed by atoms with Gasteiger partial charge in [0.1, 0.15) is 5.82 Å². The summed E-state index contributed by atoms with van der Waals surface area (Å²) >= 11 is 0. The summed E-state index contributed by atoms with van der Waals surface area (Å²) in [6.45, 7) is 7.32. The van der Waals surface area contributed by atoms with Gasteiger partial charge in [-0.05, 0) is 55.5 Å². The van der Waals surface area contributed by atoms with Crippen LogP contribution >= 0.6 is 0 Å². The molecule has 1 aliphatic carbocycles. The first-order valence-electron chi connectivity index (χ1n) is 12.6. The number of methoxy groups -OCH3 is 2. The van der Waals surface area contributed by atoms with E-state index in [-0.39, 0.29) is 11.9 Å². The fraction of sp³-hybridized carbons (Fsp3) is 0.481. The molecule has 36 heavy (non-hydrogen) atoms. The standard InChI is InChI=1S/C27H33N5O4/c1-4-24(33)30-12-14-31(15-13-30)25-21-9-8-20(17-22(21)28-27(29-25)36-3)32-11-5-6-18-16-19(26(34)35-2)7-10-23(18)32/h4,7,10,16,20H,1,5-6,8-9,11-15,17H2,2-3H3. The number of anilines is 2. The molecule has 3 aliphatic rings. The lowest BCUT2D eigenvalue weighted by atomic mass is 9.88. The Kier molecular flexibility index (Phi) is 6.80. The number of carbonyl (C=O) groups is 2. The van der Waals surface area contributed by atoms with Crippen LogP contribution in [-0.2, 0) is 28.8 Å². The van der Waals surface area contributed by atoms with E-state index < -0.39 is 0 Å². The molecule has 9 nitrogen and oxygen atoms in total. The monoisotopic (exact) mass is 491 g/mol. The lowest BCUT2D eigenvalue weighted by molar-refractivity contribution is -0.126. The molecule has 0 saturated carbocycles. The molecule has 1 unspecified atom stereocenters. The third kappa shape index (κ3) is 4.50. The summed E-state index contributed by atoms with van der Waals surface area (Å²) in [5.41, 5.74) is 5.23. The molecular weight excluding hydrogens is 458 g/mol. The lowest BCUT2D eigenvalue weighted by Crippen LogP contribution is -2.49. The molecule has 190 valence electrons. The second-order valence-electron chi connectivity index (χ2n) is 9.50. The van der Waals surface area contributed by atoms with Gasteiger partial charge in [0.2, 0.25) is 5.91 Å². The quantitative estimate of drug-likeness (QED) is 0.466. The van der Waals surface area contributed by atoms with Gasteiger partial charge in [-0.2, -0.15) is 9.97 Å². The fourth-order valence-electron chi connectivity index (χ4n) is 5.69. The fourth-order valence-corrected chi connectivity index (χ4v) is 5.69. The molecule has 1 aromatic carbocycles. The third-order valence-corrected chi connectivity index (χ3v) is 7.55. The topological polar surface area (TPSA) is 88.1 Å². The van der Waals surface area contributed by atoms with E-state index in [1.54, 1.807) is 7.11 Å². The first-order valence-corrected chi connectivity index (χ1v) is 12.6. The van der Waals surface area contributed by atoms with Gasteiger partial charge in [-0.15, -0.1) is 0 Å². The lowest BCUT2D eigenvalue weighted by Gasteiger charge is -2.41. The van der Waals surface area contributed by atoms with E-state index in [9.17, 15) is 9.59 Å². The van der Waals surface area contributed by atoms with Crippen LogP contribution in [0.15, 0.2) is 30.9 Å². The van der Waals surface area contributed by atoms with E-state index in [2.05, 4.69) is 22.4 Å². The van der Waals surface area contributed by atoms with Gasteiger partial charge in [0.25, 0.3) is 0 Å². The predicted octanol–water partition coefficient (Wildman–Crippen LogP) is 2.42. The molecular formula is C27H33N5O4. The molecule has 0 bridgehead atoms. The van der Waals surface area contributed by atoms with Gasteiger partial charge in [-0.3, -0.25) is 4.79 Å². The van der Waals surface area contributed by atoms with Crippen molar-refractivity contribution in [3.8, 4) is 6.01 Å². The highest BCUT2D eigenvalue weighted by Gasteiger charge is 2.33. The molecule has 1 saturated heterocycles. The minimum absolute atomic E-state index is 0.0275. The minimum atomic E-state index is -0.299. The molecule has 1 amide bonds. The number of fused-ring (bicyclic) bond motifs is 2. The van der Waals surface area contributed by atoms with Gasteiger partial charge < -0.3 is 24.2 Å². The number of hydrogen-bond acceptors (Lipinski definition) is 8. The maximum atomic E-state index is 12.0. The van der Waals surface area contributed by atoms with Crippen LogP contribution in [0.2, 0.25) is 0 Å². The van der Waals surface area contributed by atoms with Crippen molar-refractivity contribution in [2.75, 3.05) is 56.7 Å². The maximum absolute atomic E-state index is 12.0. The van der Waals surface area contributed by atoms with Crippen molar-refractivity contribution in [2.45, 2.75) is 38.1 Å². The Morgan fingerprint density at radius 2 is 1.89 bits per heavy atom. The zero-order chi connectivity index (χ0) is 25.2. The smallest absolute Gasteiger partial charge is 0.337 e. The highest BCUT2D eigenvalue weighted by molar-refractivity contribution is 5.90. The number of ether oxygens (including phenoxy) is 2.